The van der Waals surface area contributed by atoms with Crippen LogP contribution in [-0.2, 0) is 5.41 Å². The topological polar surface area (TPSA) is 19.7 Å². The van der Waals surface area contributed by atoms with Gasteiger partial charge in [-0.3, -0.25) is 0 Å². The van der Waals surface area contributed by atoms with E-state index < -0.39 is 0 Å². The molecule has 13 aromatic carbocycles. The van der Waals surface area contributed by atoms with Gasteiger partial charge >= 0.3 is 0 Å². The average molecular weight is 1060 g/mol. The summed E-state index contributed by atoms with van der Waals surface area (Å²) in [6.07, 6.45) is 0. The van der Waals surface area contributed by atoms with E-state index >= 15 is 0 Å². The first-order valence-corrected chi connectivity index (χ1v) is 29.2. The molecule has 2 aliphatic rings. The summed E-state index contributed by atoms with van der Waals surface area (Å²) in [5.41, 5.74) is 24.8. The monoisotopic (exact) mass is 1050 g/mol. The molecule has 0 aliphatic carbocycles. The van der Waals surface area contributed by atoms with Crippen molar-refractivity contribution in [3.63, 3.8) is 0 Å². The molecule has 0 N–H and O–H groups in total. The number of hydrogen-bond donors (Lipinski definition) is 0. The maximum atomic E-state index is 2.64. The van der Waals surface area contributed by atoms with Crippen LogP contribution in [0.4, 0.5) is 0 Å². The predicted octanol–water partition coefficient (Wildman–Crippen LogP) is 18.2. The van der Waals surface area contributed by atoms with E-state index in [1.807, 2.05) is 0 Å². The van der Waals surface area contributed by atoms with Crippen molar-refractivity contribution in [3.05, 3.63) is 260 Å². The Kier molecular flexibility index (Phi) is 8.85. The van der Waals surface area contributed by atoms with E-state index in [1.54, 1.807) is 0 Å². The van der Waals surface area contributed by atoms with Gasteiger partial charge in [0.2, 0.25) is 6.71 Å². The fraction of sp³-hybridized carbons (Fsp3) is 0.0513. The van der Waals surface area contributed by atoms with Gasteiger partial charge in [0.25, 0.3) is 0 Å². The molecule has 0 unspecified atom stereocenters. The van der Waals surface area contributed by atoms with Crippen LogP contribution in [0.15, 0.2) is 255 Å². The maximum Gasteiger partial charge on any atom is 0.244 e. The molecule has 0 spiro atoms. The molecule has 4 aromatic heterocycles. The third kappa shape index (κ3) is 5.85. The summed E-state index contributed by atoms with van der Waals surface area (Å²) in [5.74, 6) is 0. The summed E-state index contributed by atoms with van der Waals surface area (Å²) >= 11 is 0. The Morgan fingerprint density at radius 3 is 0.880 bits per heavy atom. The lowest BCUT2D eigenvalue weighted by atomic mass is 9.30. The Morgan fingerprint density at radius 1 is 0.265 bits per heavy atom. The van der Waals surface area contributed by atoms with Gasteiger partial charge in [0.1, 0.15) is 0 Å². The van der Waals surface area contributed by atoms with Gasteiger partial charge in [-0.2, -0.15) is 0 Å². The van der Waals surface area contributed by atoms with Crippen molar-refractivity contribution in [2.45, 2.75) is 26.2 Å². The fourth-order valence-corrected chi connectivity index (χ4v) is 15.8. The molecule has 5 heteroatoms. The van der Waals surface area contributed by atoms with Gasteiger partial charge in [0, 0.05) is 65.8 Å². The number of benzene rings is 13. The first kappa shape index (κ1) is 45.4. The van der Waals surface area contributed by atoms with Crippen molar-refractivity contribution in [3.8, 4) is 45.0 Å². The molecule has 2 aliphatic heterocycles. The van der Waals surface area contributed by atoms with Crippen LogP contribution in [0.25, 0.3) is 154 Å². The number of rotatable bonds is 4. The van der Waals surface area contributed by atoms with Crippen LogP contribution >= 0.6 is 0 Å². The van der Waals surface area contributed by atoms with E-state index in [9.17, 15) is 0 Å². The minimum Gasteiger partial charge on any atom is -0.309 e. The summed E-state index contributed by atoms with van der Waals surface area (Å²) in [4.78, 5) is 0. The smallest absolute Gasteiger partial charge is 0.244 e. The second-order valence-electron chi connectivity index (χ2n) is 24.3. The first-order valence-electron chi connectivity index (χ1n) is 29.2. The molecule has 0 saturated carbocycles. The number of fused-ring (bicyclic) bond motifs is 20. The molecule has 0 fully saturated rings. The highest BCUT2D eigenvalue weighted by molar-refractivity contribution is 7.02. The number of para-hydroxylation sites is 8. The molecular weight excluding hydrogens is 1000 g/mol. The molecule has 17 aromatic rings. The van der Waals surface area contributed by atoms with E-state index in [0.717, 1.165) is 22.7 Å². The summed E-state index contributed by atoms with van der Waals surface area (Å²) in [5, 5.41) is 15.4. The van der Waals surface area contributed by atoms with Gasteiger partial charge in [-0.15, -0.1) is 0 Å². The van der Waals surface area contributed by atoms with Crippen LogP contribution in [0, 0.1) is 0 Å². The zero-order valence-electron chi connectivity index (χ0n) is 46.1. The molecule has 0 radical (unpaired) electrons. The van der Waals surface area contributed by atoms with Gasteiger partial charge in [0.15, 0.2) is 0 Å². The Balaban J connectivity index is 1.11. The van der Waals surface area contributed by atoms with Gasteiger partial charge < -0.3 is 18.3 Å². The van der Waals surface area contributed by atoms with Gasteiger partial charge in [0.05, 0.1) is 44.1 Å². The average Bonchev–Trinajstić information content (AvgIpc) is 1.77. The number of hydrogen-bond acceptors (Lipinski definition) is 0. The number of aromatic nitrogens is 4. The SMILES string of the molecule is CC(C)(C)c1cc2c3c(c1)-c1c4c(cc5c(c4cc4c1c1ccccc1n4-c1ccccc1)c1ccccc1n5-c1ccccc1)B3c1cc3c(c4cc5c(c-2c14)c1ccccc1n5-c1ccccc1)c1ccccc1n3-c1ccccc1. The molecule has 4 nitrogen and oxygen atoms in total. The summed E-state index contributed by atoms with van der Waals surface area (Å²) in [7, 11) is 0. The minimum atomic E-state index is -0.197. The van der Waals surface area contributed by atoms with Crippen LogP contribution in [0.3, 0.4) is 0 Å². The van der Waals surface area contributed by atoms with Gasteiger partial charge in [-0.05, 0) is 152 Å². The fourth-order valence-electron chi connectivity index (χ4n) is 15.8. The van der Waals surface area contributed by atoms with Crippen LogP contribution in [0.5, 0.6) is 0 Å². The van der Waals surface area contributed by atoms with E-state index in [-0.39, 0.29) is 12.1 Å². The molecule has 0 saturated heterocycles. The highest BCUT2D eigenvalue weighted by Gasteiger charge is 2.43. The molecule has 0 bridgehead atoms. The second kappa shape index (κ2) is 16.2. The van der Waals surface area contributed by atoms with Crippen molar-refractivity contribution in [2.24, 2.45) is 0 Å². The van der Waals surface area contributed by atoms with Gasteiger partial charge in [-0.1, -0.05) is 195 Å². The van der Waals surface area contributed by atoms with Crippen molar-refractivity contribution in [1.82, 2.24) is 18.3 Å². The maximum absolute atomic E-state index is 2.64. The Labute approximate surface area is 479 Å². The first-order chi connectivity index (χ1) is 40.9. The van der Waals surface area contributed by atoms with E-state index in [4.69, 9.17) is 0 Å². The van der Waals surface area contributed by atoms with Crippen LogP contribution in [-0.4, -0.2) is 25.0 Å². The molecule has 386 valence electrons. The zero-order valence-corrected chi connectivity index (χ0v) is 46.1. The summed E-state index contributed by atoms with van der Waals surface area (Å²) in [6, 6.07) is 96.5. The zero-order chi connectivity index (χ0) is 54.6. The van der Waals surface area contributed by atoms with Gasteiger partial charge in [-0.25, -0.2) is 0 Å². The minimum absolute atomic E-state index is 0.142. The molecule has 83 heavy (non-hydrogen) atoms. The molecule has 0 amide bonds. The van der Waals surface area contributed by atoms with Crippen molar-refractivity contribution in [1.29, 1.82) is 0 Å². The normalized spacial score (nSPS) is 13.0. The van der Waals surface area contributed by atoms with E-state index in [1.165, 1.54) is 153 Å². The summed E-state index contributed by atoms with van der Waals surface area (Å²) in [6.45, 7) is 7.08. The summed E-state index contributed by atoms with van der Waals surface area (Å²) < 4.78 is 10.2. The lowest BCUT2D eigenvalue weighted by Gasteiger charge is -2.37. The van der Waals surface area contributed by atoms with Crippen LogP contribution in [0.2, 0.25) is 0 Å². The largest absolute Gasteiger partial charge is 0.309 e. The van der Waals surface area contributed by atoms with E-state index in [2.05, 4.69) is 294 Å². The molecule has 6 heterocycles. The third-order valence-corrected chi connectivity index (χ3v) is 19.0. The van der Waals surface area contributed by atoms with Crippen LogP contribution in [0.1, 0.15) is 26.3 Å². The number of nitrogens with zero attached hydrogens (tertiary/aromatic N) is 4. The lowest BCUT2D eigenvalue weighted by molar-refractivity contribution is 0.591. The van der Waals surface area contributed by atoms with E-state index in [0.29, 0.717) is 0 Å². The highest BCUT2D eigenvalue weighted by Crippen LogP contribution is 2.53. The van der Waals surface area contributed by atoms with Crippen molar-refractivity contribution >= 4 is 132 Å². The van der Waals surface area contributed by atoms with Crippen molar-refractivity contribution < 1.29 is 0 Å². The Bertz CT molecular complexity index is 5350. The predicted molar refractivity (Wildman–Crippen MR) is 353 cm³/mol. The van der Waals surface area contributed by atoms with Crippen molar-refractivity contribution in [2.75, 3.05) is 0 Å². The quantitative estimate of drug-likeness (QED) is 0.157. The molecular formula is C78H51BN4. The highest BCUT2D eigenvalue weighted by atomic mass is 15.0. The molecule has 0 atom stereocenters. The second-order valence-corrected chi connectivity index (χ2v) is 24.3. The molecule has 19 rings (SSSR count). The lowest BCUT2D eigenvalue weighted by Crippen LogP contribution is -2.57. The Morgan fingerprint density at radius 2 is 0.554 bits per heavy atom. The third-order valence-electron chi connectivity index (χ3n) is 19.0. The Hall–Kier alpha value is -10.4. The van der Waals surface area contributed by atoms with Crippen LogP contribution < -0.4 is 16.4 Å². The standard InChI is InChI=1S/C78H51BN4/c1-78(2,3)46-40-57-75-71-55(42-65-73(75)53-34-18-22-38-63(53)80(65)47-24-8-4-9-25-47)69-51-32-16-20-36-61(51)82(49-28-12-6-13-29-49)67(69)44-59(71)79-60-45-68-70(52-33-17-21-37-62(52)83(68)50-30-14-7-15-31-50)56-43-66-74(76(72(56)60)58(41-46)77(57)79)54-35-19-23-39-64(54)81(66)48-26-10-5-11-27-48/h4-45H,1-3H3.